The van der Waals surface area contributed by atoms with Crippen molar-refractivity contribution in [2.45, 2.75) is 0 Å². The van der Waals surface area contributed by atoms with Crippen molar-refractivity contribution in [2.24, 2.45) is 10.8 Å². The van der Waals surface area contributed by atoms with Crippen molar-refractivity contribution < 1.29 is 9.90 Å². The predicted octanol–water partition coefficient (Wildman–Crippen LogP) is 0.242. The first-order chi connectivity index (χ1) is 6.16. The summed E-state index contributed by atoms with van der Waals surface area (Å²) < 4.78 is 0. The van der Waals surface area contributed by atoms with Gasteiger partial charge in [-0.3, -0.25) is 10.0 Å². The Kier molecular flexibility index (Phi) is 2.61. The molecule has 13 heavy (non-hydrogen) atoms. The monoisotopic (exact) mass is 179 g/mol. The molecule has 1 heterocycles. The van der Waals surface area contributed by atoms with Gasteiger partial charge in [-0.2, -0.15) is 0 Å². The van der Waals surface area contributed by atoms with E-state index in [0.717, 1.165) is 0 Å². The summed E-state index contributed by atoms with van der Waals surface area (Å²) in [7, 11) is 0. The summed E-state index contributed by atoms with van der Waals surface area (Å²) in [6, 6.07) is 0. The Morgan fingerprint density at radius 3 is 2.92 bits per heavy atom. The molecule has 1 aliphatic rings. The van der Waals surface area contributed by atoms with Gasteiger partial charge in [-0.05, 0) is 0 Å². The van der Waals surface area contributed by atoms with Gasteiger partial charge in [0.15, 0.2) is 0 Å². The third-order valence-electron chi connectivity index (χ3n) is 1.50. The van der Waals surface area contributed by atoms with Gasteiger partial charge in [0.1, 0.15) is 0 Å². The van der Waals surface area contributed by atoms with E-state index in [1.165, 1.54) is 29.7 Å². The number of aliphatic carboxylic acids is 1. The van der Waals surface area contributed by atoms with Crippen molar-refractivity contribution in [3.63, 3.8) is 0 Å². The second kappa shape index (κ2) is 3.68. The lowest BCUT2D eigenvalue weighted by atomic mass is 10.2. The zero-order chi connectivity index (χ0) is 9.84. The lowest BCUT2D eigenvalue weighted by molar-refractivity contribution is -0.132. The minimum atomic E-state index is -1.08. The number of hydrazine groups is 1. The summed E-state index contributed by atoms with van der Waals surface area (Å²) >= 11 is 0. The average molecular weight is 179 g/mol. The van der Waals surface area contributed by atoms with Gasteiger partial charge in [-0.25, -0.2) is 10.6 Å². The molecule has 0 aromatic rings. The van der Waals surface area contributed by atoms with Crippen LogP contribution in [-0.2, 0) is 4.79 Å². The maximum absolute atomic E-state index is 10.7. The van der Waals surface area contributed by atoms with Crippen molar-refractivity contribution in [3.05, 3.63) is 36.3 Å². The molecule has 0 saturated heterocycles. The van der Waals surface area contributed by atoms with E-state index >= 15 is 0 Å². The van der Waals surface area contributed by atoms with Crippen LogP contribution in [0.15, 0.2) is 41.3 Å². The number of carboxylic acids is 1. The highest BCUT2D eigenvalue weighted by molar-refractivity contribution is 5.98. The highest BCUT2D eigenvalue weighted by atomic mass is 16.4. The van der Waals surface area contributed by atoms with Crippen molar-refractivity contribution in [1.29, 1.82) is 0 Å². The first-order valence-electron chi connectivity index (χ1n) is 3.50. The van der Waals surface area contributed by atoms with Crippen LogP contribution in [0.4, 0.5) is 0 Å². The van der Waals surface area contributed by atoms with Gasteiger partial charge in [-0.15, -0.1) is 0 Å². The standard InChI is InChI=1S/C8H9N3O2/c1-2-6(8(12)13)7-5-10-3-4-11(7)9/h2-5H,1,9H2,(H,12,13)/b7-6+. The minimum absolute atomic E-state index is 0.0237. The summed E-state index contributed by atoms with van der Waals surface area (Å²) in [5, 5.41) is 9.92. The quantitative estimate of drug-likeness (QED) is 0.470. The molecule has 68 valence electrons. The Bertz CT molecular complexity index is 328. The summed E-state index contributed by atoms with van der Waals surface area (Å²) in [5.74, 6) is 4.40. The molecule has 0 radical (unpaired) electrons. The molecule has 0 fully saturated rings. The molecule has 0 aliphatic carbocycles. The van der Waals surface area contributed by atoms with E-state index in [2.05, 4.69) is 11.6 Å². The smallest absolute Gasteiger partial charge is 0.337 e. The molecular formula is C8H9N3O2. The van der Waals surface area contributed by atoms with E-state index in [9.17, 15) is 4.79 Å². The third-order valence-corrected chi connectivity index (χ3v) is 1.50. The zero-order valence-electron chi connectivity index (χ0n) is 6.84. The maximum Gasteiger partial charge on any atom is 0.337 e. The summed E-state index contributed by atoms with van der Waals surface area (Å²) in [6.07, 6.45) is 5.52. The van der Waals surface area contributed by atoms with E-state index < -0.39 is 5.97 Å². The highest BCUT2D eigenvalue weighted by Crippen LogP contribution is 2.10. The summed E-state index contributed by atoms with van der Waals surface area (Å²) in [4.78, 5) is 14.4. The van der Waals surface area contributed by atoms with E-state index in [4.69, 9.17) is 10.9 Å². The van der Waals surface area contributed by atoms with Crippen molar-refractivity contribution in [2.75, 3.05) is 0 Å². The Morgan fingerprint density at radius 2 is 2.46 bits per heavy atom. The normalized spacial score (nSPS) is 18.7. The van der Waals surface area contributed by atoms with E-state index in [0.29, 0.717) is 5.70 Å². The number of carbonyl (C=O) groups is 1. The number of hydrogen-bond acceptors (Lipinski definition) is 4. The largest absolute Gasteiger partial charge is 0.478 e. The molecule has 5 heteroatoms. The molecule has 0 aromatic heterocycles. The maximum atomic E-state index is 10.7. The second-order valence-corrected chi connectivity index (χ2v) is 2.29. The van der Waals surface area contributed by atoms with Gasteiger partial charge >= 0.3 is 5.97 Å². The fourth-order valence-electron chi connectivity index (χ4n) is 0.881. The molecule has 0 saturated carbocycles. The molecule has 0 spiro atoms. The first kappa shape index (κ1) is 9.21. The second-order valence-electron chi connectivity index (χ2n) is 2.29. The topological polar surface area (TPSA) is 78.9 Å². The van der Waals surface area contributed by atoms with Gasteiger partial charge in [-0.1, -0.05) is 12.7 Å². The van der Waals surface area contributed by atoms with Crippen molar-refractivity contribution in [3.8, 4) is 0 Å². The Balaban J connectivity index is 3.14. The number of nitrogens with two attached hydrogens (primary N) is 1. The van der Waals surface area contributed by atoms with Crippen LogP contribution < -0.4 is 5.84 Å². The lowest BCUT2D eigenvalue weighted by Crippen LogP contribution is -2.28. The van der Waals surface area contributed by atoms with Crippen LogP contribution in [0.3, 0.4) is 0 Å². The van der Waals surface area contributed by atoms with Gasteiger partial charge < -0.3 is 5.11 Å². The Labute approximate surface area is 75.1 Å². The van der Waals surface area contributed by atoms with E-state index in [-0.39, 0.29) is 5.57 Å². The van der Waals surface area contributed by atoms with Crippen LogP contribution in [0.25, 0.3) is 0 Å². The fourth-order valence-corrected chi connectivity index (χ4v) is 0.881. The molecule has 1 aliphatic heterocycles. The van der Waals surface area contributed by atoms with Crippen LogP contribution in [-0.4, -0.2) is 22.3 Å². The number of rotatable bonds is 2. The molecule has 0 unspecified atom stereocenters. The third kappa shape index (κ3) is 1.83. The van der Waals surface area contributed by atoms with Crippen LogP contribution in [0.1, 0.15) is 0 Å². The van der Waals surface area contributed by atoms with Crippen molar-refractivity contribution in [1.82, 2.24) is 5.01 Å². The molecule has 1 rings (SSSR count). The van der Waals surface area contributed by atoms with Gasteiger partial charge in [0, 0.05) is 12.4 Å². The van der Waals surface area contributed by atoms with Crippen LogP contribution in [0.5, 0.6) is 0 Å². The van der Waals surface area contributed by atoms with Gasteiger partial charge in [0.2, 0.25) is 0 Å². The van der Waals surface area contributed by atoms with Crippen LogP contribution in [0, 0.1) is 0 Å². The molecule has 3 N–H and O–H groups in total. The average Bonchev–Trinajstić information content (AvgIpc) is 2.09. The molecule has 0 aromatic carbocycles. The van der Waals surface area contributed by atoms with Crippen molar-refractivity contribution >= 4 is 12.2 Å². The predicted molar refractivity (Wildman–Crippen MR) is 48.5 cm³/mol. The van der Waals surface area contributed by atoms with E-state index in [1.807, 2.05) is 0 Å². The Hall–Kier alpha value is -1.88. The number of nitrogens with zero attached hydrogens (tertiary/aromatic N) is 2. The molecule has 5 nitrogen and oxygen atoms in total. The molecule has 0 amide bonds. The summed E-state index contributed by atoms with van der Waals surface area (Å²) in [6.45, 7) is 3.39. The fraction of sp³-hybridized carbons (Fsp3) is 0. The summed E-state index contributed by atoms with van der Waals surface area (Å²) in [5.41, 5.74) is 0.334. The number of carboxylic acid groups (broad SMARTS) is 1. The number of aliphatic imine (C=N–C) groups is 1. The van der Waals surface area contributed by atoms with Crippen LogP contribution >= 0.6 is 0 Å². The zero-order valence-corrected chi connectivity index (χ0v) is 6.84. The van der Waals surface area contributed by atoms with E-state index in [1.54, 1.807) is 0 Å². The molecule has 0 atom stereocenters. The van der Waals surface area contributed by atoms with Gasteiger partial charge in [0.05, 0.1) is 17.5 Å². The van der Waals surface area contributed by atoms with Gasteiger partial charge in [0.25, 0.3) is 0 Å². The number of hydrogen-bond donors (Lipinski definition) is 2. The highest BCUT2D eigenvalue weighted by Gasteiger charge is 2.13. The molecule has 0 bridgehead atoms. The Morgan fingerprint density at radius 1 is 1.77 bits per heavy atom. The lowest BCUT2D eigenvalue weighted by Gasteiger charge is -2.17. The van der Waals surface area contributed by atoms with Crippen LogP contribution in [0.2, 0.25) is 0 Å². The minimum Gasteiger partial charge on any atom is -0.478 e. The molecular weight excluding hydrogens is 170 g/mol. The first-order valence-corrected chi connectivity index (χ1v) is 3.50. The number of allylic oxidation sites excluding steroid dienone is 1. The SMILES string of the molecule is C=C/C(C(=O)O)=C1/C=NC=CN1N.